The fraction of sp³-hybridized carbons (Fsp3) is 0.667. The SMILES string of the molecule is FC(F)(F)c1cncc(N2CCC3(CC2)CNC3)n1. The third-order valence-electron chi connectivity index (χ3n) is 4.06. The Morgan fingerprint density at radius 3 is 2.37 bits per heavy atom. The zero-order valence-electron chi connectivity index (χ0n) is 10.4. The van der Waals surface area contributed by atoms with Crippen molar-refractivity contribution < 1.29 is 13.2 Å². The predicted molar refractivity (Wildman–Crippen MR) is 63.8 cm³/mol. The quantitative estimate of drug-likeness (QED) is 0.844. The number of nitrogens with zero attached hydrogens (tertiary/aromatic N) is 3. The van der Waals surface area contributed by atoms with Crippen molar-refractivity contribution >= 4 is 5.82 Å². The van der Waals surface area contributed by atoms with Crippen molar-refractivity contribution in [1.29, 1.82) is 0 Å². The van der Waals surface area contributed by atoms with E-state index in [1.165, 1.54) is 6.20 Å². The van der Waals surface area contributed by atoms with Gasteiger partial charge in [0.2, 0.25) is 0 Å². The van der Waals surface area contributed by atoms with Crippen LogP contribution in [0.15, 0.2) is 12.4 Å². The highest BCUT2D eigenvalue weighted by Crippen LogP contribution is 2.36. The van der Waals surface area contributed by atoms with E-state index < -0.39 is 11.9 Å². The van der Waals surface area contributed by atoms with Crippen LogP contribution in [-0.2, 0) is 6.18 Å². The average Bonchev–Trinajstić information content (AvgIpc) is 2.36. The summed E-state index contributed by atoms with van der Waals surface area (Å²) in [6, 6.07) is 0. The molecule has 1 aromatic heterocycles. The first-order valence-corrected chi connectivity index (χ1v) is 6.34. The molecule has 0 amide bonds. The second-order valence-corrected chi connectivity index (χ2v) is 5.35. The van der Waals surface area contributed by atoms with Crippen LogP contribution in [0.2, 0.25) is 0 Å². The van der Waals surface area contributed by atoms with Crippen molar-refractivity contribution in [1.82, 2.24) is 15.3 Å². The van der Waals surface area contributed by atoms with Crippen molar-refractivity contribution in [2.24, 2.45) is 5.41 Å². The van der Waals surface area contributed by atoms with Gasteiger partial charge >= 0.3 is 6.18 Å². The molecule has 0 unspecified atom stereocenters. The summed E-state index contributed by atoms with van der Waals surface area (Å²) in [5, 5.41) is 3.26. The largest absolute Gasteiger partial charge is 0.434 e. The van der Waals surface area contributed by atoms with Crippen LogP contribution in [0.1, 0.15) is 18.5 Å². The van der Waals surface area contributed by atoms with Crippen molar-refractivity contribution in [2.75, 3.05) is 31.1 Å². The summed E-state index contributed by atoms with van der Waals surface area (Å²) in [5.41, 5.74) is -0.554. The Bertz CT molecular complexity index is 460. The molecule has 3 rings (SSSR count). The third-order valence-corrected chi connectivity index (χ3v) is 4.06. The average molecular weight is 272 g/mol. The molecule has 3 heterocycles. The number of piperidine rings is 1. The van der Waals surface area contributed by atoms with E-state index in [-0.39, 0.29) is 0 Å². The Balaban J connectivity index is 1.73. The Hall–Kier alpha value is -1.37. The molecule has 1 aromatic rings. The number of nitrogens with one attached hydrogen (secondary N) is 1. The Morgan fingerprint density at radius 1 is 1.16 bits per heavy atom. The van der Waals surface area contributed by atoms with Crippen LogP contribution in [0.4, 0.5) is 19.0 Å². The molecule has 19 heavy (non-hydrogen) atoms. The number of hydrogen-bond donors (Lipinski definition) is 1. The molecule has 104 valence electrons. The Labute approximate surface area is 109 Å². The van der Waals surface area contributed by atoms with E-state index in [1.54, 1.807) is 0 Å². The van der Waals surface area contributed by atoms with Crippen LogP contribution >= 0.6 is 0 Å². The first kappa shape index (κ1) is 12.7. The minimum absolute atomic E-state index is 0.331. The van der Waals surface area contributed by atoms with E-state index in [2.05, 4.69) is 15.3 Å². The highest BCUT2D eigenvalue weighted by molar-refractivity contribution is 5.37. The summed E-state index contributed by atoms with van der Waals surface area (Å²) in [5.74, 6) is 0.331. The van der Waals surface area contributed by atoms with Crippen LogP contribution in [0.3, 0.4) is 0 Å². The van der Waals surface area contributed by atoms with Crippen molar-refractivity contribution in [3.05, 3.63) is 18.1 Å². The van der Waals surface area contributed by atoms with Gasteiger partial charge in [-0.3, -0.25) is 4.98 Å². The van der Waals surface area contributed by atoms with Gasteiger partial charge in [-0.15, -0.1) is 0 Å². The lowest BCUT2D eigenvalue weighted by Crippen LogP contribution is -2.58. The molecule has 2 saturated heterocycles. The number of aromatic nitrogens is 2. The van der Waals surface area contributed by atoms with Gasteiger partial charge in [0.1, 0.15) is 5.82 Å². The molecular weight excluding hydrogens is 257 g/mol. The van der Waals surface area contributed by atoms with Gasteiger partial charge < -0.3 is 10.2 Å². The van der Waals surface area contributed by atoms with E-state index in [4.69, 9.17) is 0 Å². The molecule has 7 heteroatoms. The zero-order valence-corrected chi connectivity index (χ0v) is 10.4. The first-order valence-electron chi connectivity index (χ1n) is 6.34. The monoisotopic (exact) mass is 272 g/mol. The van der Waals surface area contributed by atoms with Gasteiger partial charge in [0, 0.05) is 26.2 Å². The maximum Gasteiger partial charge on any atom is 0.434 e. The maximum atomic E-state index is 12.6. The Morgan fingerprint density at radius 2 is 1.84 bits per heavy atom. The van der Waals surface area contributed by atoms with Gasteiger partial charge in [0.15, 0.2) is 5.69 Å². The lowest BCUT2D eigenvalue weighted by atomic mass is 9.73. The van der Waals surface area contributed by atoms with Crippen LogP contribution in [-0.4, -0.2) is 36.1 Å². The highest BCUT2D eigenvalue weighted by atomic mass is 19.4. The fourth-order valence-corrected chi connectivity index (χ4v) is 2.69. The third kappa shape index (κ3) is 2.39. The van der Waals surface area contributed by atoms with Gasteiger partial charge in [0.05, 0.1) is 12.4 Å². The number of alkyl halides is 3. The van der Waals surface area contributed by atoms with Gasteiger partial charge in [-0.05, 0) is 18.3 Å². The van der Waals surface area contributed by atoms with Crippen molar-refractivity contribution in [3.63, 3.8) is 0 Å². The van der Waals surface area contributed by atoms with E-state index >= 15 is 0 Å². The molecule has 1 spiro atoms. The molecule has 0 aliphatic carbocycles. The van der Waals surface area contributed by atoms with E-state index in [1.807, 2.05) is 4.90 Å². The Kier molecular flexibility index (Phi) is 2.88. The van der Waals surface area contributed by atoms with E-state index in [9.17, 15) is 13.2 Å². The molecule has 4 nitrogen and oxygen atoms in total. The van der Waals surface area contributed by atoms with Crippen molar-refractivity contribution in [3.8, 4) is 0 Å². The molecule has 0 atom stereocenters. The minimum atomic E-state index is -4.43. The summed E-state index contributed by atoms with van der Waals surface area (Å²) in [6.07, 6.45) is -0.259. The van der Waals surface area contributed by atoms with Gasteiger partial charge in [-0.25, -0.2) is 4.98 Å². The van der Waals surface area contributed by atoms with E-state index in [0.29, 0.717) is 11.2 Å². The minimum Gasteiger partial charge on any atom is -0.355 e. The molecule has 0 radical (unpaired) electrons. The molecule has 2 fully saturated rings. The van der Waals surface area contributed by atoms with Crippen LogP contribution in [0, 0.1) is 5.41 Å². The normalized spacial score (nSPS) is 22.4. The summed E-state index contributed by atoms with van der Waals surface area (Å²) in [4.78, 5) is 9.24. The summed E-state index contributed by atoms with van der Waals surface area (Å²) in [7, 11) is 0. The molecular formula is C12H15F3N4. The van der Waals surface area contributed by atoms with Gasteiger partial charge in [0.25, 0.3) is 0 Å². The molecule has 1 N–H and O–H groups in total. The lowest BCUT2D eigenvalue weighted by Gasteiger charge is -2.48. The zero-order chi connectivity index (χ0) is 13.5. The summed E-state index contributed by atoms with van der Waals surface area (Å²) >= 11 is 0. The smallest absolute Gasteiger partial charge is 0.355 e. The maximum absolute atomic E-state index is 12.6. The number of halogens is 3. The van der Waals surface area contributed by atoms with E-state index in [0.717, 1.165) is 45.2 Å². The van der Waals surface area contributed by atoms with Crippen molar-refractivity contribution in [2.45, 2.75) is 19.0 Å². The number of hydrogen-bond acceptors (Lipinski definition) is 4. The van der Waals surface area contributed by atoms with Crippen LogP contribution < -0.4 is 10.2 Å². The first-order chi connectivity index (χ1) is 8.99. The standard InChI is InChI=1S/C12H15F3N4/c13-12(14,15)9-5-16-6-10(18-9)19-3-1-11(2-4-19)7-17-8-11/h5-6,17H,1-4,7-8H2. The topological polar surface area (TPSA) is 41.1 Å². The summed E-state index contributed by atoms with van der Waals surface area (Å²) in [6.45, 7) is 3.54. The summed E-state index contributed by atoms with van der Waals surface area (Å²) < 4.78 is 37.8. The fourth-order valence-electron chi connectivity index (χ4n) is 2.69. The van der Waals surface area contributed by atoms with Gasteiger partial charge in [-0.1, -0.05) is 0 Å². The number of anilines is 1. The second-order valence-electron chi connectivity index (χ2n) is 5.35. The number of rotatable bonds is 1. The van der Waals surface area contributed by atoms with Gasteiger partial charge in [-0.2, -0.15) is 13.2 Å². The lowest BCUT2D eigenvalue weighted by molar-refractivity contribution is -0.141. The van der Waals surface area contributed by atoms with Crippen LogP contribution in [0.25, 0.3) is 0 Å². The molecule has 2 aliphatic rings. The second kappa shape index (κ2) is 4.33. The predicted octanol–water partition coefficient (Wildman–Crippen LogP) is 1.69. The molecule has 0 bridgehead atoms. The molecule has 0 aromatic carbocycles. The molecule has 2 aliphatic heterocycles. The highest BCUT2D eigenvalue weighted by Gasteiger charge is 2.40. The molecule has 0 saturated carbocycles. The van der Waals surface area contributed by atoms with Crippen LogP contribution in [0.5, 0.6) is 0 Å².